The van der Waals surface area contributed by atoms with Gasteiger partial charge in [-0.1, -0.05) is 6.42 Å². The predicted molar refractivity (Wildman–Crippen MR) is 76.9 cm³/mol. The number of hydrogen-bond donors (Lipinski definition) is 1. The molecule has 2 aliphatic rings. The van der Waals surface area contributed by atoms with E-state index in [1.54, 1.807) is 12.1 Å². The van der Waals surface area contributed by atoms with Crippen LogP contribution in [0, 0.1) is 5.82 Å². The Bertz CT molecular complexity index is 518. The Morgan fingerprint density at radius 2 is 1.80 bits per heavy atom. The summed E-state index contributed by atoms with van der Waals surface area (Å²) >= 11 is 0. The fourth-order valence-electron chi connectivity index (χ4n) is 2.93. The molecule has 0 radical (unpaired) electrons. The minimum atomic E-state index is -0.270. The summed E-state index contributed by atoms with van der Waals surface area (Å²) in [5.41, 5.74) is 1.40. The SMILES string of the molecule is O=C1CC(N2CCCCC2)C=C1Nc1ccc(F)cc1. The summed E-state index contributed by atoms with van der Waals surface area (Å²) in [5, 5.41) is 3.11. The van der Waals surface area contributed by atoms with Crippen molar-refractivity contribution < 1.29 is 9.18 Å². The van der Waals surface area contributed by atoms with Crippen LogP contribution in [0.1, 0.15) is 25.7 Å². The fraction of sp³-hybridized carbons (Fsp3) is 0.438. The van der Waals surface area contributed by atoms with Crippen molar-refractivity contribution in [2.45, 2.75) is 31.7 Å². The number of anilines is 1. The molecule has 4 heteroatoms. The zero-order chi connectivity index (χ0) is 13.9. The average Bonchev–Trinajstić information content (AvgIpc) is 2.84. The predicted octanol–water partition coefficient (Wildman–Crippen LogP) is 2.95. The lowest BCUT2D eigenvalue weighted by Crippen LogP contribution is -2.37. The van der Waals surface area contributed by atoms with Gasteiger partial charge in [0, 0.05) is 18.2 Å². The van der Waals surface area contributed by atoms with Crippen molar-refractivity contribution >= 4 is 11.5 Å². The molecule has 1 N–H and O–H groups in total. The molecule has 1 aliphatic heterocycles. The minimum absolute atomic E-state index is 0.143. The molecule has 1 fully saturated rings. The zero-order valence-corrected chi connectivity index (χ0v) is 11.4. The fourth-order valence-corrected chi connectivity index (χ4v) is 2.93. The van der Waals surface area contributed by atoms with Crippen molar-refractivity contribution in [2.75, 3.05) is 18.4 Å². The first-order valence-electron chi connectivity index (χ1n) is 7.24. The van der Waals surface area contributed by atoms with Crippen LogP contribution in [0.4, 0.5) is 10.1 Å². The highest BCUT2D eigenvalue weighted by Crippen LogP contribution is 2.24. The number of benzene rings is 1. The topological polar surface area (TPSA) is 32.3 Å². The standard InChI is InChI=1S/C16H19FN2O/c17-12-4-6-13(7-5-12)18-15-10-14(11-16(15)20)19-8-2-1-3-9-19/h4-7,10,14,18H,1-3,8-9,11H2. The number of hydrogen-bond acceptors (Lipinski definition) is 3. The van der Waals surface area contributed by atoms with Crippen molar-refractivity contribution in [2.24, 2.45) is 0 Å². The molecule has 1 aromatic rings. The Morgan fingerprint density at radius 1 is 1.10 bits per heavy atom. The van der Waals surface area contributed by atoms with Gasteiger partial charge < -0.3 is 5.32 Å². The van der Waals surface area contributed by atoms with Crippen LogP contribution in [0.3, 0.4) is 0 Å². The third-order valence-electron chi connectivity index (χ3n) is 4.04. The first-order chi connectivity index (χ1) is 9.72. The van der Waals surface area contributed by atoms with Gasteiger partial charge in [-0.15, -0.1) is 0 Å². The molecule has 0 bridgehead atoms. The Hall–Kier alpha value is -1.68. The molecule has 0 aromatic heterocycles. The summed E-state index contributed by atoms with van der Waals surface area (Å²) < 4.78 is 12.9. The molecule has 3 nitrogen and oxygen atoms in total. The molecular formula is C16H19FN2O. The highest BCUT2D eigenvalue weighted by Gasteiger charge is 2.29. The minimum Gasteiger partial charge on any atom is -0.353 e. The molecule has 0 saturated carbocycles. The lowest BCUT2D eigenvalue weighted by atomic mass is 10.1. The Balaban J connectivity index is 1.68. The molecule has 3 rings (SSSR count). The number of allylic oxidation sites excluding steroid dienone is 1. The maximum absolute atomic E-state index is 12.9. The van der Waals surface area contributed by atoms with E-state index in [4.69, 9.17) is 0 Å². The second kappa shape index (κ2) is 5.75. The summed E-state index contributed by atoms with van der Waals surface area (Å²) in [6.07, 6.45) is 6.32. The van der Waals surface area contributed by atoms with Gasteiger partial charge in [0.25, 0.3) is 0 Å². The number of piperidine rings is 1. The van der Waals surface area contributed by atoms with Crippen LogP contribution in [-0.2, 0) is 4.79 Å². The number of ketones is 1. The molecule has 0 spiro atoms. The Morgan fingerprint density at radius 3 is 2.50 bits per heavy atom. The largest absolute Gasteiger partial charge is 0.353 e. The summed E-state index contributed by atoms with van der Waals surface area (Å²) in [4.78, 5) is 14.5. The van der Waals surface area contributed by atoms with Crippen LogP contribution in [0.5, 0.6) is 0 Å². The number of nitrogens with zero attached hydrogens (tertiary/aromatic N) is 1. The van der Waals surface area contributed by atoms with Gasteiger partial charge in [-0.05, 0) is 56.3 Å². The molecule has 1 aliphatic carbocycles. The van der Waals surface area contributed by atoms with Crippen molar-refractivity contribution in [3.63, 3.8) is 0 Å². The Labute approximate surface area is 118 Å². The van der Waals surface area contributed by atoms with Crippen molar-refractivity contribution in [1.29, 1.82) is 0 Å². The van der Waals surface area contributed by atoms with Gasteiger partial charge in [0.2, 0.25) is 0 Å². The van der Waals surface area contributed by atoms with E-state index in [2.05, 4.69) is 10.2 Å². The highest BCUT2D eigenvalue weighted by atomic mass is 19.1. The molecule has 1 heterocycles. The van der Waals surface area contributed by atoms with E-state index in [-0.39, 0.29) is 17.6 Å². The van der Waals surface area contributed by atoms with Gasteiger partial charge in [0.1, 0.15) is 5.82 Å². The number of carbonyl (C=O) groups excluding carboxylic acids is 1. The van der Waals surface area contributed by atoms with Crippen LogP contribution < -0.4 is 5.32 Å². The van der Waals surface area contributed by atoms with Crippen LogP contribution in [0.15, 0.2) is 36.0 Å². The summed E-state index contributed by atoms with van der Waals surface area (Å²) in [6.45, 7) is 2.16. The summed E-state index contributed by atoms with van der Waals surface area (Å²) in [7, 11) is 0. The van der Waals surface area contributed by atoms with Crippen LogP contribution in [0.25, 0.3) is 0 Å². The van der Waals surface area contributed by atoms with E-state index in [0.29, 0.717) is 12.1 Å². The van der Waals surface area contributed by atoms with Gasteiger partial charge in [-0.25, -0.2) is 4.39 Å². The van der Waals surface area contributed by atoms with E-state index in [9.17, 15) is 9.18 Å². The van der Waals surface area contributed by atoms with Gasteiger partial charge in [-0.2, -0.15) is 0 Å². The maximum Gasteiger partial charge on any atom is 0.180 e. The lowest BCUT2D eigenvalue weighted by molar-refractivity contribution is -0.115. The lowest BCUT2D eigenvalue weighted by Gasteiger charge is -2.30. The number of rotatable bonds is 3. The van der Waals surface area contributed by atoms with E-state index >= 15 is 0 Å². The summed E-state index contributed by atoms with van der Waals surface area (Å²) in [6, 6.07) is 6.32. The van der Waals surface area contributed by atoms with Gasteiger partial charge >= 0.3 is 0 Å². The van der Waals surface area contributed by atoms with Crippen molar-refractivity contribution in [1.82, 2.24) is 4.90 Å². The normalized spacial score (nSPS) is 23.8. The first-order valence-corrected chi connectivity index (χ1v) is 7.24. The average molecular weight is 274 g/mol. The second-order valence-electron chi connectivity index (χ2n) is 5.50. The maximum atomic E-state index is 12.9. The van der Waals surface area contributed by atoms with E-state index < -0.39 is 0 Å². The van der Waals surface area contributed by atoms with Crippen LogP contribution >= 0.6 is 0 Å². The molecule has 1 atom stereocenters. The van der Waals surface area contributed by atoms with Gasteiger partial charge in [0.05, 0.1) is 5.70 Å². The zero-order valence-electron chi connectivity index (χ0n) is 11.4. The number of nitrogens with one attached hydrogen (secondary N) is 1. The molecule has 0 amide bonds. The Kier molecular flexibility index (Phi) is 3.83. The van der Waals surface area contributed by atoms with E-state index in [1.165, 1.54) is 31.4 Å². The number of carbonyl (C=O) groups is 1. The van der Waals surface area contributed by atoms with E-state index in [1.807, 2.05) is 6.08 Å². The quantitative estimate of drug-likeness (QED) is 0.919. The monoisotopic (exact) mass is 274 g/mol. The number of halogens is 1. The van der Waals surface area contributed by atoms with Crippen LogP contribution in [-0.4, -0.2) is 29.8 Å². The molecule has 1 aromatic carbocycles. The molecular weight excluding hydrogens is 255 g/mol. The molecule has 106 valence electrons. The van der Waals surface area contributed by atoms with Gasteiger partial charge in [-0.3, -0.25) is 9.69 Å². The van der Waals surface area contributed by atoms with Gasteiger partial charge in [0.15, 0.2) is 5.78 Å². The van der Waals surface area contributed by atoms with E-state index in [0.717, 1.165) is 18.8 Å². The molecule has 20 heavy (non-hydrogen) atoms. The summed E-state index contributed by atoms with van der Waals surface area (Å²) in [5.74, 6) is -0.127. The number of likely N-dealkylation sites (tertiary alicyclic amines) is 1. The second-order valence-corrected chi connectivity index (χ2v) is 5.50. The molecule has 1 unspecified atom stereocenters. The highest BCUT2D eigenvalue weighted by molar-refractivity contribution is 6.01. The number of Topliss-reactive ketones (excluding diaryl/α,β-unsaturated/α-hetero) is 1. The third-order valence-corrected chi connectivity index (χ3v) is 4.04. The molecule has 1 saturated heterocycles. The van der Waals surface area contributed by atoms with Crippen molar-refractivity contribution in [3.8, 4) is 0 Å². The van der Waals surface area contributed by atoms with Crippen LogP contribution in [0.2, 0.25) is 0 Å². The third kappa shape index (κ3) is 2.90. The first kappa shape index (κ1) is 13.3. The smallest absolute Gasteiger partial charge is 0.180 e. The van der Waals surface area contributed by atoms with Crippen molar-refractivity contribution in [3.05, 3.63) is 41.9 Å².